The Morgan fingerprint density at radius 3 is 2.81 bits per heavy atom. The molecule has 0 spiro atoms. The number of aromatic nitrogens is 1. The third kappa shape index (κ3) is 4.60. The van der Waals surface area contributed by atoms with Gasteiger partial charge in [-0.2, -0.15) is 0 Å². The maximum atomic E-state index is 11.5. The van der Waals surface area contributed by atoms with Crippen LogP contribution in [0.25, 0.3) is 0 Å². The number of esters is 1. The topological polar surface area (TPSA) is 51.2 Å². The number of hydrogen-bond acceptors (Lipinski definition) is 4. The van der Waals surface area contributed by atoms with Gasteiger partial charge in [-0.3, -0.25) is 0 Å². The Morgan fingerprint density at radius 2 is 2.14 bits per heavy atom. The Morgan fingerprint density at radius 1 is 1.29 bits per heavy atom. The Labute approximate surface area is 125 Å². The maximum absolute atomic E-state index is 11.5. The highest BCUT2D eigenvalue weighted by atomic mass is 16.5. The summed E-state index contributed by atoms with van der Waals surface area (Å²) in [5.74, 6) is 0.423. The molecule has 1 heterocycles. The lowest BCUT2D eigenvalue weighted by Crippen LogP contribution is -2.08. The number of aryl methyl sites for hydroxylation is 1. The first kappa shape index (κ1) is 15.0. The lowest BCUT2D eigenvalue weighted by atomic mass is 10.1. The normalized spacial score (nSPS) is 10.2. The van der Waals surface area contributed by atoms with Gasteiger partial charge in [-0.25, -0.2) is 9.78 Å². The fourth-order valence-electron chi connectivity index (χ4n) is 2.04. The third-order valence-electron chi connectivity index (χ3n) is 3.08. The van der Waals surface area contributed by atoms with Gasteiger partial charge in [0.05, 0.1) is 12.2 Å². The van der Waals surface area contributed by atoms with E-state index in [9.17, 15) is 4.79 Å². The minimum absolute atomic E-state index is 0.337. The molecule has 0 fully saturated rings. The average Bonchev–Trinajstić information content (AvgIpc) is 2.48. The summed E-state index contributed by atoms with van der Waals surface area (Å²) in [5, 5.41) is 3.25. The summed E-state index contributed by atoms with van der Waals surface area (Å²) >= 11 is 0. The van der Waals surface area contributed by atoms with Crippen LogP contribution in [0.3, 0.4) is 0 Å². The van der Waals surface area contributed by atoms with Crippen LogP contribution in [0.1, 0.15) is 28.4 Å². The molecule has 2 rings (SSSR count). The molecule has 21 heavy (non-hydrogen) atoms. The van der Waals surface area contributed by atoms with Crippen molar-refractivity contribution >= 4 is 11.8 Å². The summed E-state index contributed by atoms with van der Waals surface area (Å²) in [7, 11) is 0. The van der Waals surface area contributed by atoms with Crippen LogP contribution >= 0.6 is 0 Å². The van der Waals surface area contributed by atoms with E-state index in [4.69, 9.17) is 4.74 Å². The number of rotatable bonds is 6. The van der Waals surface area contributed by atoms with Crippen molar-refractivity contribution in [1.82, 2.24) is 4.98 Å². The van der Waals surface area contributed by atoms with Gasteiger partial charge in [0.25, 0.3) is 0 Å². The van der Waals surface area contributed by atoms with E-state index >= 15 is 0 Å². The summed E-state index contributed by atoms with van der Waals surface area (Å²) in [6.45, 7) is 5.05. The highest BCUT2D eigenvalue weighted by Gasteiger charge is 2.06. The SMILES string of the molecule is CCOC(=O)c1ccc(NCCc2cccc(C)c2)nc1. The number of pyridine rings is 1. The van der Waals surface area contributed by atoms with Gasteiger partial charge in [-0.15, -0.1) is 0 Å². The standard InChI is InChI=1S/C17H20N2O2/c1-3-21-17(20)15-7-8-16(19-12-15)18-10-9-14-6-4-5-13(2)11-14/h4-8,11-12H,3,9-10H2,1-2H3,(H,18,19). The molecule has 1 aromatic carbocycles. The number of nitrogens with zero attached hydrogens (tertiary/aromatic N) is 1. The van der Waals surface area contributed by atoms with E-state index < -0.39 is 0 Å². The second-order valence-electron chi connectivity index (χ2n) is 4.82. The molecule has 110 valence electrons. The Balaban J connectivity index is 1.85. The Kier molecular flexibility index (Phi) is 5.32. The lowest BCUT2D eigenvalue weighted by Gasteiger charge is -2.07. The van der Waals surface area contributed by atoms with Crippen molar-refractivity contribution in [3.63, 3.8) is 0 Å². The van der Waals surface area contributed by atoms with Crippen LogP contribution in [-0.4, -0.2) is 24.1 Å². The monoisotopic (exact) mass is 284 g/mol. The van der Waals surface area contributed by atoms with Crippen LogP contribution in [0.5, 0.6) is 0 Å². The molecule has 1 N–H and O–H groups in total. The zero-order chi connectivity index (χ0) is 15.1. The molecule has 0 bridgehead atoms. The predicted molar refractivity (Wildman–Crippen MR) is 83.6 cm³/mol. The minimum atomic E-state index is -0.337. The fourth-order valence-corrected chi connectivity index (χ4v) is 2.04. The van der Waals surface area contributed by atoms with Gasteiger partial charge < -0.3 is 10.1 Å². The van der Waals surface area contributed by atoms with Crippen molar-refractivity contribution in [3.8, 4) is 0 Å². The van der Waals surface area contributed by atoms with E-state index in [-0.39, 0.29) is 5.97 Å². The molecule has 4 heteroatoms. The van der Waals surface area contributed by atoms with E-state index in [1.54, 1.807) is 19.1 Å². The molecular formula is C17H20N2O2. The van der Waals surface area contributed by atoms with Crippen LogP contribution in [0.4, 0.5) is 5.82 Å². The number of ether oxygens (including phenoxy) is 1. The van der Waals surface area contributed by atoms with E-state index in [0.717, 1.165) is 18.8 Å². The molecule has 0 saturated carbocycles. The van der Waals surface area contributed by atoms with Crippen LogP contribution in [0, 0.1) is 6.92 Å². The van der Waals surface area contributed by atoms with E-state index in [0.29, 0.717) is 12.2 Å². The van der Waals surface area contributed by atoms with Gasteiger partial charge in [-0.05, 0) is 38.0 Å². The minimum Gasteiger partial charge on any atom is -0.462 e. The van der Waals surface area contributed by atoms with E-state index in [1.807, 2.05) is 0 Å². The quantitative estimate of drug-likeness (QED) is 0.827. The summed E-state index contributed by atoms with van der Waals surface area (Å²) in [6.07, 6.45) is 2.47. The van der Waals surface area contributed by atoms with Crippen molar-refractivity contribution in [1.29, 1.82) is 0 Å². The molecular weight excluding hydrogens is 264 g/mol. The lowest BCUT2D eigenvalue weighted by molar-refractivity contribution is 0.0526. The highest BCUT2D eigenvalue weighted by molar-refractivity contribution is 5.89. The summed E-state index contributed by atoms with van der Waals surface area (Å²) in [6, 6.07) is 12.0. The zero-order valence-corrected chi connectivity index (χ0v) is 12.4. The van der Waals surface area contributed by atoms with Gasteiger partial charge in [0, 0.05) is 12.7 Å². The van der Waals surface area contributed by atoms with Crippen LogP contribution in [0.2, 0.25) is 0 Å². The largest absolute Gasteiger partial charge is 0.462 e. The molecule has 2 aromatic rings. The second-order valence-corrected chi connectivity index (χ2v) is 4.82. The van der Waals surface area contributed by atoms with Crippen molar-refractivity contribution in [2.75, 3.05) is 18.5 Å². The molecule has 1 aromatic heterocycles. The maximum Gasteiger partial charge on any atom is 0.339 e. The summed E-state index contributed by atoms with van der Waals surface area (Å²) < 4.78 is 4.92. The van der Waals surface area contributed by atoms with Crippen LogP contribution in [-0.2, 0) is 11.2 Å². The summed E-state index contributed by atoms with van der Waals surface area (Å²) in [5.41, 5.74) is 3.04. The molecule has 0 aliphatic rings. The van der Waals surface area contributed by atoms with Gasteiger partial charge >= 0.3 is 5.97 Å². The summed E-state index contributed by atoms with van der Waals surface area (Å²) in [4.78, 5) is 15.7. The van der Waals surface area contributed by atoms with Gasteiger partial charge in [0.1, 0.15) is 5.82 Å². The molecule has 0 unspecified atom stereocenters. The first-order valence-corrected chi connectivity index (χ1v) is 7.11. The number of carbonyl (C=O) groups is 1. The predicted octanol–water partition coefficient (Wildman–Crippen LogP) is 3.22. The van der Waals surface area contributed by atoms with Gasteiger partial charge in [-0.1, -0.05) is 29.8 Å². The smallest absolute Gasteiger partial charge is 0.339 e. The molecule has 0 atom stereocenters. The van der Waals surface area contributed by atoms with Crippen LogP contribution < -0.4 is 5.32 Å². The second kappa shape index (κ2) is 7.43. The molecule has 0 radical (unpaired) electrons. The molecule has 0 aliphatic heterocycles. The number of anilines is 1. The van der Waals surface area contributed by atoms with Crippen molar-refractivity contribution in [2.45, 2.75) is 20.3 Å². The van der Waals surface area contributed by atoms with Gasteiger partial charge in [0.15, 0.2) is 0 Å². The Hall–Kier alpha value is -2.36. The van der Waals surface area contributed by atoms with E-state index in [1.165, 1.54) is 17.3 Å². The van der Waals surface area contributed by atoms with Crippen molar-refractivity contribution < 1.29 is 9.53 Å². The number of carbonyl (C=O) groups excluding carboxylic acids is 1. The fraction of sp³-hybridized carbons (Fsp3) is 0.294. The van der Waals surface area contributed by atoms with E-state index in [2.05, 4.69) is 41.5 Å². The molecule has 0 saturated heterocycles. The first-order chi connectivity index (χ1) is 10.2. The molecule has 4 nitrogen and oxygen atoms in total. The number of hydrogen-bond donors (Lipinski definition) is 1. The van der Waals surface area contributed by atoms with Gasteiger partial charge in [0.2, 0.25) is 0 Å². The average molecular weight is 284 g/mol. The molecule has 0 amide bonds. The zero-order valence-electron chi connectivity index (χ0n) is 12.4. The Bertz CT molecular complexity index is 594. The first-order valence-electron chi connectivity index (χ1n) is 7.11. The van der Waals surface area contributed by atoms with Crippen LogP contribution in [0.15, 0.2) is 42.6 Å². The number of nitrogens with one attached hydrogen (secondary N) is 1. The molecule has 0 aliphatic carbocycles. The number of benzene rings is 1. The van der Waals surface area contributed by atoms with Crippen molar-refractivity contribution in [2.24, 2.45) is 0 Å². The third-order valence-corrected chi connectivity index (χ3v) is 3.08. The van der Waals surface area contributed by atoms with Crippen molar-refractivity contribution in [3.05, 3.63) is 59.3 Å². The highest BCUT2D eigenvalue weighted by Crippen LogP contribution is 2.08.